The number of urea groups is 1. The highest BCUT2D eigenvalue weighted by Gasteiger charge is 2.49. The minimum atomic E-state index is -0.650. The highest BCUT2D eigenvalue weighted by Crippen LogP contribution is 2.23. The smallest absolute Gasteiger partial charge is 0.315 e. The molecule has 2 heterocycles. The van der Waals surface area contributed by atoms with Crippen molar-refractivity contribution in [1.29, 1.82) is 0 Å². The summed E-state index contributed by atoms with van der Waals surface area (Å²) in [5.74, 6) is 0.220. The molecule has 3 N–H and O–H groups in total. The van der Waals surface area contributed by atoms with Gasteiger partial charge in [0.05, 0.1) is 6.54 Å². The molecule has 2 unspecified atom stereocenters. The van der Waals surface area contributed by atoms with Crippen LogP contribution in [0.1, 0.15) is 6.92 Å². The van der Waals surface area contributed by atoms with Gasteiger partial charge in [0.1, 0.15) is 5.54 Å². The van der Waals surface area contributed by atoms with Gasteiger partial charge in [-0.05, 0) is 0 Å². The lowest BCUT2D eigenvalue weighted by atomic mass is 9.79. The van der Waals surface area contributed by atoms with Crippen LogP contribution in [-0.2, 0) is 4.79 Å². The molecule has 2 rings (SSSR count). The predicted molar refractivity (Wildman–Crippen MR) is 46.3 cm³/mol. The number of rotatable bonds is 0. The van der Waals surface area contributed by atoms with Crippen LogP contribution in [0, 0.1) is 5.92 Å². The zero-order valence-electron chi connectivity index (χ0n) is 7.52. The zero-order valence-corrected chi connectivity index (χ0v) is 7.52. The number of ketones is 1. The third kappa shape index (κ3) is 1.11. The van der Waals surface area contributed by atoms with E-state index in [-0.39, 0.29) is 17.7 Å². The van der Waals surface area contributed by atoms with Crippen molar-refractivity contribution in [2.75, 3.05) is 19.6 Å². The van der Waals surface area contributed by atoms with E-state index < -0.39 is 5.54 Å². The fourth-order valence-corrected chi connectivity index (χ4v) is 1.99. The van der Waals surface area contributed by atoms with Crippen LogP contribution in [0.25, 0.3) is 0 Å². The molecule has 2 amide bonds. The normalized spacial score (nSPS) is 39.0. The van der Waals surface area contributed by atoms with E-state index in [1.165, 1.54) is 0 Å². The molecule has 0 bridgehead atoms. The van der Waals surface area contributed by atoms with Gasteiger partial charge in [0.2, 0.25) is 0 Å². The number of amides is 2. The molecule has 0 radical (unpaired) electrons. The molecule has 5 nitrogen and oxygen atoms in total. The maximum atomic E-state index is 11.7. The summed E-state index contributed by atoms with van der Waals surface area (Å²) in [6, 6.07) is -0.234. The Labute approximate surface area is 76.3 Å². The second-order valence-electron chi connectivity index (χ2n) is 3.73. The number of piperidine rings is 1. The Morgan fingerprint density at radius 2 is 2.23 bits per heavy atom. The first-order valence-corrected chi connectivity index (χ1v) is 4.45. The van der Waals surface area contributed by atoms with E-state index in [1.54, 1.807) is 0 Å². The predicted octanol–water partition coefficient (Wildman–Crippen LogP) is -1.15. The zero-order chi connectivity index (χ0) is 9.47. The fraction of sp³-hybridized carbons (Fsp3) is 0.750. The van der Waals surface area contributed by atoms with E-state index in [9.17, 15) is 9.59 Å². The molecule has 2 aliphatic heterocycles. The third-order valence-electron chi connectivity index (χ3n) is 2.94. The average molecular weight is 183 g/mol. The van der Waals surface area contributed by atoms with Crippen LogP contribution in [0.3, 0.4) is 0 Å². The van der Waals surface area contributed by atoms with Gasteiger partial charge in [-0.15, -0.1) is 0 Å². The summed E-state index contributed by atoms with van der Waals surface area (Å²) < 4.78 is 0. The lowest BCUT2D eigenvalue weighted by molar-refractivity contribution is -0.127. The summed E-state index contributed by atoms with van der Waals surface area (Å²) in [4.78, 5) is 22.7. The van der Waals surface area contributed by atoms with E-state index in [2.05, 4.69) is 16.0 Å². The van der Waals surface area contributed by atoms with Crippen molar-refractivity contribution in [1.82, 2.24) is 16.0 Å². The molecule has 2 aliphatic rings. The highest BCUT2D eigenvalue weighted by molar-refractivity contribution is 5.97. The van der Waals surface area contributed by atoms with Gasteiger partial charge < -0.3 is 16.0 Å². The molecule has 0 aromatic carbocycles. The topological polar surface area (TPSA) is 70.2 Å². The number of carbonyl (C=O) groups excluding carboxylic acids is 2. The van der Waals surface area contributed by atoms with Gasteiger partial charge in [-0.25, -0.2) is 4.79 Å². The van der Waals surface area contributed by atoms with E-state index in [0.717, 1.165) is 6.54 Å². The molecule has 5 heteroatoms. The van der Waals surface area contributed by atoms with Gasteiger partial charge in [0.15, 0.2) is 5.78 Å². The molecule has 72 valence electrons. The van der Waals surface area contributed by atoms with E-state index in [1.807, 2.05) is 6.92 Å². The van der Waals surface area contributed by atoms with Crippen LogP contribution in [0.4, 0.5) is 4.79 Å². The molecule has 0 aliphatic carbocycles. The summed E-state index contributed by atoms with van der Waals surface area (Å²) in [5, 5.41) is 8.39. The lowest BCUT2D eigenvalue weighted by Gasteiger charge is -2.36. The summed E-state index contributed by atoms with van der Waals surface area (Å²) in [5.41, 5.74) is -0.650. The van der Waals surface area contributed by atoms with E-state index >= 15 is 0 Å². The molecule has 1 spiro atoms. The summed E-state index contributed by atoms with van der Waals surface area (Å²) >= 11 is 0. The molecular formula is C8H13N3O2. The standard InChI is InChI=1S/C8H13N3O2/c1-5-2-9-3-6(12)8(5)4-10-7(13)11-8/h5,9H,2-4H2,1H3,(H2,10,11,13). The third-order valence-corrected chi connectivity index (χ3v) is 2.94. The quantitative estimate of drug-likeness (QED) is 0.444. The van der Waals surface area contributed by atoms with E-state index in [4.69, 9.17) is 0 Å². The van der Waals surface area contributed by atoms with Crippen molar-refractivity contribution in [3.63, 3.8) is 0 Å². The summed E-state index contributed by atoms with van der Waals surface area (Å²) in [6.45, 7) is 3.52. The molecule has 13 heavy (non-hydrogen) atoms. The maximum Gasteiger partial charge on any atom is 0.315 e. The first-order valence-electron chi connectivity index (χ1n) is 4.45. The van der Waals surface area contributed by atoms with Crippen LogP contribution in [0.15, 0.2) is 0 Å². The number of hydrogen-bond acceptors (Lipinski definition) is 3. The maximum absolute atomic E-state index is 11.7. The van der Waals surface area contributed by atoms with Crippen LogP contribution < -0.4 is 16.0 Å². The summed E-state index contributed by atoms with van der Waals surface area (Å²) in [6.07, 6.45) is 0. The number of Topliss-reactive ketones (excluding diaryl/α,β-unsaturated/α-hetero) is 1. The molecule has 0 saturated carbocycles. The molecule has 2 atom stereocenters. The fourth-order valence-electron chi connectivity index (χ4n) is 1.99. The van der Waals surface area contributed by atoms with E-state index in [0.29, 0.717) is 13.1 Å². The Morgan fingerprint density at radius 3 is 2.77 bits per heavy atom. The van der Waals surface area contributed by atoms with Crippen molar-refractivity contribution >= 4 is 11.8 Å². The Kier molecular flexibility index (Phi) is 1.76. The molecule has 0 aromatic rings. The first kappa shape index (κ1) is 8.50. The Hall–Kier alpha value is -1.10. The van der Waals surface area contributed by atoms with Crippen molar-refractivity contribution in [2.24, 2.45) is 5.92 Å². The van der Waals surface area contributed by atoms with Crippen molar-refractivity contribution in [3.05, 3.63) is 0 Å². The lowest BCUT2D eigenvalue weighted by Crippen LogP contribution is -2.64. The van der Waals surface area contributed by atoms with Crippen molar-refractivity contribution in [2.45, 2.75) is 12.5 Å². The van der Waals surface area contributed by atoms with Crippen molar-refractivity contribution in [3.8, 4) is 0 Å². The van der Waals surface area contributed by atoms with Crippen molar-refractivity contribution < 1.29 is 9.59 Å². The molecule has 2 fully saturated rings. The van der Waals surface area contributed by atoms with Gasteiger partial charge in [0.25, 0.3) is 0 Å². The van der Waals surface area contributed by atoms with Gasteiger partial charge in [-0.2, -0.15) is 0 Å². The highest BCUT2D eigenvalue weighted by atomic mass is 16.2. The Morgan fingerprint density at radius 1 is 1.46 bits per heavy atom. The molecule has 0 aromatic heterocycles. The first-order chi connectivity index (χ1) is 6.15. The SMILES string of the molecule is CC1CNCC(=O)C12CNC(=O)N2. The number of nitrogens with one attached hydrogen (secondary N) is 3. The van der Waals surface area contributed by atoms with Crippen LogP contribution in [0.2, 0.25) is 0 Å². The monoisotopic (exact) mass is 183 g/mol. The molecule has 2 saturated heterocycles. The number of carbonyl (C=O) groups is 2. The second kappa shape index (κ2) is 2.70. The van der Waals surface area contributed by atoms with Gasteiger partial charge in [-0.1, -0.05) is 6.92 Å². The minimum absolute atomic E-state index is 0.0737. The number of hydrogen-bond donors (Lipinski definition) is 3. The average Bonchev–Trinajstić information content (AvgIpc) is 2.46. The minimum Gasteiger partial charge on any atom is -0.335 e. The van der Waals surface area contributed by atoms with Gasteiger partial charge >= 0.3 is 6.03 Å². The largest absolute Gasteiger partial charge is 0.335 e. The molecular weight excluding hydrogens is 170 g/mol. The second-order valence-corrected chi connectivity index (χ2v) is 3.73. The Balaban J connectivity index is 2.26. The van der Waals surface area contributed by atoms with Crippen LogP contribution >= 0.6 is 0 Å². The Bertz CT molecular complexity index is 266. The summed E-state index contributed by atoms with van der Waals surface area (Å²) in [7, 11) is 0. The van der Waals surface area contributed by atoms with Crippen LogP contribution in [-0.4, -0.2) is 37.0 Å². The van der Waals surface area contributed by atoms with Gasteiger partial charge in [0, 0.05) is 19.0 Å². The van der Waals surface area contributed by atoms with Gasteiger partial charge in [-0.3, -0.25) is 4.79 Å². The van der Waals surface area contributed by atoms with Crippen LogP contribution in [0.5, 0.6) is 0 Å².